The molecule has 3 rings (SSSR count). The minimum Gasteiger partial charge on any atom is -0.464 e. The fourth-order valence-electron chi connectivity index (χ4n) is 2.43. The van der Waals surface area contributed by atoms with Gasteiger partial charge in [-0.25, -0.2) is 9.86 Å². The molecule has 1 saturated carbocycles. The average molecular weight is 246 g/mol. The van der Waals surface area contributed by atoms with Gasteiger partial charge < -0.3 is 10.2 Å². The van der Waals surface area contributed by atoms with E-state index in [4.69, 9.17) is 10.2 Å². The van der Waals surface area contributed by atoms with Crippen LogP contribution in [-0.4, -0.2) is 22.8 Å². The van der Waals surface area contributed by atoms with Crippen molar-refractivity contribution < 1.29 is 14.4 Å². The molecule has 0 bridgehead atoms. The van der Waals surface area contributed by atoms with Gasteiger partial charge in [-0.3, -0.25) is 5.21 Å². The first-order valence-corrected chi connectivity index (χ1v) is 5.89. The SMILES string of the molecule is NC(=O)N(O)C[C@@H]1C[C@H]1c1coc2ccccc12. The van der Waals surface area contributed by atoms with E-state index in [1.165, 1.54) is 0 Å². The lowest BCUT2D eigenvalue weighted by Gasteiger charge is -2.10. The van der Waals surface area contributed by atoms with Crippen LogP contribution < -0.4 is 5.73 Å². The number of hydroxylamine groups is 2. The zero-order chi connectivity index (χ0) is 12.7. The number of benzene rings is 1. The van der Waals surface area contributed by atoms with E-state index < -0.39 is 6.03 Å². The van der Waals surface area contributed by atoms with Crippen LogP contribution in [0.15, 0.2) is 34.9 Å². The number of hydrogen-bond donors (Lipinski definition) is 2. The highest BCUT2D eigenvalue weighted by atomic mass is 16.5. The maximum atomic E-state index is 10.7. The van der Waals surface area contributed by atoms with Crippen molar-refractivity contribution in [3.63, 3.8) is 0 Å². The standard InChI is InChI=1S/C13H14N2O3/c14-13(16)15(17)6-8-5-10(8)11-7-18-12-4-2-1-3-9(11)12/h1-4,7-8,10,17H,5-6H2,(H2,14,16)/t8-,10+/m0/s1. The third-order valence-corrected chi connectivity index (χ3v) is 3.49. The summed E-state index contributed by atoms with van der Waals surface area (Å²) in [6.45, 7) is 0.277. The molecule has 1 heterocycles. The van der Waals surface area contributed by atoms with Crippen LogP contribution in [0.4, 0.5) is 4.79 Å². The Morgan fingerprint density at radius 1 is 1.50 bits per heavy atom. The third-order valence-electron chi connectivity index (χ3n) is 3.49. The van der Waals surface area contributed by atoms with Gasteiger partial charge in [0.1, 0.15) is 5.58 Å². The van der Waals surface area contributed by atoms with Crippen LogP contribution in [0.2, 0.25) is 0 Å². The molecule has 1 aromatic heterocycles. The fraction of sp³-hybridized carbons (Fsp3) is 0.308. The first-order valence-electron chi connectivity index (χ1n) is 5.89. The number of para-hydroxylation sites is 1. The van der Waals surface area contributed by atoms with Crippen molar-refractivity contribution in [1.29, 1.82) is 0 Å². The van der Waals surface area contributed by atoms with Crippen molar-refractivity contribution in [2.24, 2.45) is 11.7 Å². The van der Waals surface area contributed by atoms with Gasteiger partial charge in [-0.2, -0.15) is 0 Å². The first kappa shape index (κ1) is 11.1. The predicted molar refractivity (Wildman–Crippen MR) is 65.1 cm³/mol. The molecule has 0 saturated heterocycles. The Hall–Kier alpha value is -2.01. The summed E-state index contributed by atoms with van der Waals surface area (Å²) < 4.78 is 5.48. The van der Waals surface area contributed by atoms with E-state index in [-0.39, 0.29) is 12.5 Å². The molecule has 2 aromatic rings. The number of nitrogens with two attached hydrogens (primary N) is 1. The zero-order valence-corrected chi connectivity index (χ0v) is 9.74. The Bertz CT molecular complexity index is 593. The van der Waals surface area contributed by atoms with E-state index in [1.807, 2.05) is 24.3 Å². The Balaban J connectivity index is 1.76. The van der Waals surface area contributed by atoms with Crippen LogP contribution in [0.5, 0.6) is 0 Å². The molecule has 2 amide bonds. The van der Waals surface area contributed by atoms with Crippen LogP contribution in [-0.2, 0) is 0 Å². The molecule has 1 fully saturated rings. The highest BCUT2D eigenvalue weighted by molar-refractivity contribution is 5.82. The quantitative estimate of drug-likeness (QED) is 0.644. The topological polar surface area (TPSA) is 79.7 Å². The summed E-state index contributed by atoms with van der Waals surface area (Å²) in [5.74, 6) is 0.589. The van der Waals surface area contributed by atoms with Crippen molar-refractivity contribution in [3.05, 3.63) is 36.1 Å². The monoisotopic (exact) mass is 246 g/mol. The van der Waals surface area contributed by atoms with Gasteiger partial charge in [-0.15, -0.1) is 0 Å². The van der Waals surface area contributed by atoms with Crippen molar-refractivity contribution in [2.75, 3.05) is 6.54 Å². The molecule has 5 heteroatoms. The second-order valence-corrected chi connectivity index (χ2v) is 4.71. The van der Waals surface area contributed by atoms with Gasteiger partial charge >= 0.3 is 6.03 Å². The molecular weight excluding hydrogens is 232 g/mol. The van der Waals surface area contributed by atoms with E-state index in [9.17, 15) is 10.0 Å². The molecule has 3 N–H and O–H groups in total. The number of urea groups is 1. The zero-order valence-electron chi connectivity index (χ0n) is 9.74. The average Bonchev–Trinajstić information content (AvgIpc) is 2.98. The molecule has 0 aliphatic heterocycles. The van der Waals surface area contributed by atoms with Gasteiger partial charge in [0.2, 0.25) is 0 Å². The lowest BCUT2D eigenvalue weighted by atomic mass is 10.1. The summed E-state index contributed by atoms with van der Waals surface area (Å²) in [6, 6.07) is 7.05. The van der Waals surface area contributed by atoms with E-state index in [1.54, 1.807) is 6.26 Å². The summed E-state index contributed by atoms with van der Waals surface area (Å²) in [6.07, 6.45) is 2.70. The van der Waals surface area contributed by atoms with Crippen LogP contribution in [0.25, 0.3) is 11.0 Å². The number of primary amides is 1. The smallest absolute Gasteiger partial charge is 0.338 e. The second-order valence-electron chi connectivity index (χ2n) is 4.71. The Morgan fingerprint density at radius 3 is 3.06 bits per heavy atom. The summed E-state index contributed by atoms with van der Waals surface area (Å²) >= 11 is 0. The number of nitrogens with zero attached hydrogens (tertiary/aromatic N) is 1. The first-order chi connectivity index (χ1) is 8.66. The van der Waals surface area contributed by atoms with E-state index in [0.717, 1.165) is 23.0 Å². The van der Waals surface area contributed by atoms with Crippen LogP contribution in [0.1, 0.15) is 17.9 Å². The summed E-state index contributed by atoms with van der Waals surface area (Å²) in [7, 11) is 0. The maximum Gasteiger partial charge on any atom is 0.338 e. The van der Waals surface area contributed by atoms with Crippen molar-refractivity contribution in [3.8, 4) is 0 Å². The van der Waals surface area contributed by atoms with E-state index >= 15 is 0 Å². The normalized spacial score (nSPS) is 22.1. The highest BCUT2D eigenvalue weighted by Crippen LogP contribution is 2.50. The van der Waals surface area contributed by atoms with Gasteiger partial charge in [0, 0.05) is 10.9 Å². The maximum absolute atomic E-state index is 10.7. The number of furan rings is 1. The number of amides is 2. The Labute approximate surface area is 104 Å². The minimum atomic E-state index is -0.808. The van der Waals surface area contributed by atoms with E-state index in [0.29, 0.717) is 11.0 Å². The number of hydrogen-bond acceptors (Lipinski definition) is 3. The lowest BCUT2D eigenvalue weighted by molar-refractivity contribution is -0.0431. The van der Waals surface area contributed by atoms with Crippen LogP contribution in [0, 0.1) is 5.92 Å². The molecule has 1 aliphatic rings. The summed E-state index contributed by atoms with van der Waals surface area (Å²) in [5, 5.41) is 11.0. The largest absolute Gasteiger partial charge is 0.464 e. The summed E-state index contributed by atoms with van der Waals surface area (Å²) in [4.78, 5) is 10.7. The fourth-order valence-corrected chi connectivity index (χ4v) is 2.43. The predicted octanol–water partition coefficient (Wildman–Crippen LogP) is 2.31. The van der Waals surface area contributed by atoms with Crippen molar-refractivity contribution >= 4 is 17.0 Å². The number of fused-ring (bicyclic) bond motifs is 1. The lowest BCUT2D eigenvalue weighted by Crippen LogP contribution is -2.34. The molecule has 0 radical (unpaired) electrons. The van der Waals surface area contributed by atoms with Gasteiger partial charge in [0.25, 0.3) is 0 Å². The molecule has 0 unspecified atom stereocenters. The third kappa shape index (κ3) is 1.82. The number of carbonyl (C=O) groups is 1. The molecule has 2 atom stereocenters. The molecule has 94 valence electrons. The number of carbonyl (C=O) groups excluding carboxylic acids is 1. The molecule has 0 spiro atoms. The Kier molecular flexibility index (Phi) is 2.48. The number of rotatable bonds is 3. The van der Waals surface area contributed by atoms with Crippen LogP contribution >= 0.6 is 0 Å². The molecule has 1 aliphatic carbocycles. The van der Waals surface area contributed by atoms with Gasteiger partial charge in [0.05, 0.1) is 12.8 Å². The van der Waals surface area contributed by atoms with E-state index in [2.05, 4.69) is 0 Å². The molecule has 5 nitrogen and oxygen atoms in total. The van der Waals surface area contributed by atoms with Crippen molar-refractivity contribution in [2.45, 2.75) is 12.3 Å². The Morgan fingerprint density at radius 2 is 2.28 bits per heavy atom. The van der Waals surface area contributed by atoms with Gasteiger partial charge in [0.15, 0.2) is 0 Å². The molecule has 18 heavy (non-hydrogen) atoms. The van der Waals surface area contributed by atoms with Crippen molar-refractivity contribution in [1.82, 2.24) is 5.06 Å². The van der Waals surface area contributed by atoms with Gasteiger partial charge in [-0.1, -0.05) is 18.2 Å². The van der Waals surface area contributed by atoms with Gasteiger partial charge in [-0.05, 0) is 24.3 Å². The second kappa shape index (κ2) is 4.03. The molecule has 1 aromatic carbocycles. The summed E-state index contributed by atoms with van der Waals surface area (Å²) in [5.41, 5.74) is 7.00. The highest BCUT2D eigenvalue weighted by Gasteiger charge is 2.41. The van der Waals surface area contributed by atoms with Crippen LogP contribution in [0.3, 0.4) is 0 Å². The molecular formula is C13H14N2O3. The minimum absolute atomic E-state index is 0.253.